The van der Waals surface area contributed by atoms with Crippen LogP contribution in [0.1, 0.15) is 15.9 Å². The van der Waals surface area contributed by atoms with Gasteiger partial charge in [0, 0.05) is 30.3 Å². The minimum Gasteiger partial charge on any atom is -0.497 e. The van der Waals surface area contributed by atoms with E-state index in [9.17, 15) is 4.79 Å². The lowest BCUT2D eigenvalue weighted by Crippen LogP contribution is -2.29. The van der Waals surface area contributed by atoms with Gasteiger partial charge in [0.15, 0.2) is 0 Å². The zero-order chi connectivity index (χ0) is 17.9. The van der Waals surface area contributed by atoms with Crippen molar-refractivity contribution in [2.24, 2.45) is 0 Å². The van der Waals surface area contributed by atoms with Crippen LogP contribution in [0.5, 0.6) is 5.75 Å². The number of nitrogens with zero attached hydrogens (tertiary/aromatic N) is 3. The molecule has 0 bridgehead atoms. The second-order valence-electron chi connectivity index (χ2n) is 5.98. The molecule has 6 heteroatoms. The van der Waals surface area contributed by atoms with E-state index < -0.39 is 0 Å². The highest BCUT2D eigenvalue weighted by Crippen LogP contribution is 2.28. The van der Waals surface area contributed by atoms with E-state index in [4.69, 9.17) is 4.74 Å². The number of hydrogen-bond donors (Lipinski definition) is 1. The number of carbonyl (C=O) groups is 1. The fourth-order valence-electron chi connectivity index (χ4n) is 3.01. The molecule has 0 saturated heterocycles. The van der Waals surface area contributed by atoms with Crippen LogP contribution in [0, 0.1) is 0 Å². The summed E-state index contributed by atoms with van der Waals surface area (Å²) in [6.07, 6.45) is 3.99. The average Bonchev–Trinajstić information content (AvgIpc) is 3.13. The summed E-state index contributed by atoms with van der Waals surface area (Å²) < 4.78 is 5.13. The number of amides is 1. The Morgan fingerprint density at radius 3 is 2.54 bits per heavy atom. The predicted molar refractivity (Wildman–Crippen MR) is 100 cm³/mol. The largest absolute Gasteiger partial charge is 0.497 e. The van der Waals surface area contributed by atoms with E-state index >= 15 is 0 Å². The molecule has 26 heavy (non-hydrogen) atoms. The van der Waals surface area contributed by atoms with Crippen molar-refractivity contribution in [1.82, 2.24) is 9.97 Å². The molecule has 1 aromatic heterocycles. The number of aromatic nitrogens is 2. The summed E-state index contributed by atoms with van der Waals surface area (Å²) in [4.78, 5) is 23.1. The van der Waals surface area contributed by atoms with Gasteiger partial charge in [-0.1, -0.05) is 18.2 Å². The molecule has 2 heterocycles. The maximum absolute atomic E-state index is 12.8. The van der Waals surface area contributed by atoms with E-state index in [1.807, 2.05) is 42.5 Å². The fourth-order valence-corrected chi connectivity index (χ4v) is 3.01. The van der Waals surface area contributed by atoms with Crippen molar-refractivity contribution in [3.05, 3.63) is 72.1 Å². The smallest absolute Gasteiger partial charge is 0.261 e. The van der Waals surface area contributed by atoms with Gasteiger partial charge in [-0.05, 0) is 42.3 Å². The number of methoxy groups -OCH3 is 1. The van der Waals surface area contributed by atoms with E-state index in [0.29, 0.717) is 18.1 Å². The van der Waals surface area contributed by atoms with Gasteiger partial charge in [-0.2, -0.15) is 0 Å². The average molecular weight is 346 g/mol. The van der Waals surface area contributed by atoms with Gasteiger partial charge in [-0.15, -0.1) is 0 Å². The van der Waals surface area contributed by atoms with Crippen LogP contribution in [0.25, 0.3) is 0 Å². The SMILES string of the molecule is COc1ccc(Nc2ncc(C(=O)N3CCc4ccccc43)cn2)cc1. The molecule has 1 aliphatic rings. The van der Waals surface area contributed by atoms with Crippen molar-refractivity contribution in [2.45, 2.75) is 6.42 Å². The molecule has 0 radical (unpaired) electrons. The number of ether oxygens (including phenoxy) is 1. The van der Waals surface area contributed by atoms with Gasteiger partial charge in [-0.25, -0.2) is 9.97 Å². The maximum atomic E-state index is 12.8. The molecule has 0 spiro atoms. The molecule has 4 rings (SSSR count). The molecule has 0 saturated carbocycles. The molecule has 0 aliphatic carbocycles. The molecule has 1 amide bonds. The highest BCUT2D eigenvalue weighted by molar-refractivity contribution is 6.07. The van der Waals surface area contributed by atoms with E-state index in [2.05, 4.69) is 21.4 Å². The minimum absolute atomic E-state index is 0.0778. The molecule has 0 atom stereocenters. The third kappa shape index (κ3) is 3.09. The Bertz CT molecular complexity index is 923. The second-order valence-corrected chi connectivity index (χ2v) is 5.98. The van der Waals surface area contributed by atoms with E-state index in [-0.39, 0.29) is 5.91 Å². The first-order valence-electron chi connectivity index (χ1n) is 8.37. The lowest BCUT2D eigenvalue weighted by Gasteiger charge is -2.17. The fraction of sp³-hybridized carbons (Fsp3) is 0.150. The van der Waals surface area contributed by atoms with E-state index in [1.54, 1.807) is 24.4 Å². The van der Waals surface area contributed by atoms with Gasteiger partial charge in [0.05, 0.1) is 12.7 Å². The van der Waals surface area contributed by atoms with Gasteiger partial charge in [0.1, 0.15) is 5.75 Å². The van der Waals surface area contributed by atoms with Gasteiger partial charge in [-0.3, -0.25) is 4.79 Å². The zero-order valence-corrected chi connectivity index (χ0v) is 14.3. The molecule has 2 aromatic carbocycles. The first-order valence-corrected chi connectivity index (χ1v) is 8.37. The number of hydrogen-bond acceptors (Lipinski definition) is 5. The van der Waals surface area contributed by atoms with Crippen molar-refractivity contribution in [3.63, 3.8) is 0 Å². The Morgan fingerprint density at radius 1 is 1.08 bits per heavy atom. The molecule has 0 fully saturated rings. The van der Waals surface area contributed by atoms with Gasteiger partial charge >= 0.3 is 0 Å². The lowest BCUT2D eigenvalue weighted by molar-refractivity contribution is 0.0988. The number of anilines is 3. The second kappa shape index (κ2) is 6.84. The third-order valence-electron chi connectivity index (χ3n) is 4.38. The number of carbonyl (C=O) groups excluding carboxylic acids is 1. The summed E-state index contributed by atoms with van der Waals surface area (Å²) in [6.45, 7) is 0.685. The van der Waals surface area contributed by atoms with Crippen LogP contribution in [0.15, 0.2) is 60.9 Å². The molecular weight excluding hydrogens is 328 g/mol. The minimum atomic E-state index is -0.0778. The molecule has 3 aromatic rings. The first-order chi connectivity index (χ1) is 12.7. The molecule has 130 valence electrons. The lowest BCUT2D eigenvalue weighted by atomic mass is 10.2. The number of benzene rings is 2. The standard InChI is InChI=1S/C20H18N4O2/c1-26-17-8-6-16(7-9-17)23-20-21-12-15(13-22-20)19(25)24-11-10-14-4-2-3-5-18(14)24/h2-9,12-13H,10-11H2,1H3,(H,21,22,23). The number of para-hydroxylation sites is 1. The van der Waals surface area contributed by atoms with Gasteiger partial charge in [0.25, 0.3) is 5.91 Å². The van der Waals surface area contributed by atoms with Crippen LogP contribution in [0.4, 0.5) is 17.3 Å². The predicted octanol–water partition coefficient (Wildman–Crippen LogP) is 3.43. The van der Waals surface area contributed by atoms with Crippen molar-refractivity contribution in [2.75, 3.05) is 23.9 Å². The summed E-state index contributed by atoms with van der Waals surface area (Å²) in [7, 11) is 1.63. The van der Waals surface area contributed by atoms with Gasteiger partial charge < -0.3 is 15.0 Å². The van der Waals surface area contributed by atoms with Crippen LogP contribution in [-0.2, 0) is 6.42 Å². The molecule has 6 nitrogen and oxygen atoms in total. The number of fused-ring (bicyclic) bond motifs is 1. The molecule has 1 aliphatic heterocycles. The van der Waals surface area contributed by atoms with Crippen LogP contribution in [-0.4, -0.2) is 29.5 Å². The van der Waals surface area contributed by atoms with Crippen molar-refractivity contribution >= 4 is 23.2 Å². The van der Waals surface area contributed by atoms with Crippen molar-refractivity contribution in [1.29, 1.82) is 0 Å². The Balaban J connectivity index is 1.48. The maximum Gasteiger partial charge on any atom is 0.261 e. The van der Waals surface area contributed by atoms with Crippen LogP contribution < -0.4 is 15.0 Å². The highest BCUT2D eigenvalue weighted by atomic mass is 16.5. The van der Waals surface area contributed by atoms with Crippen LogP contribution in [0.2, 0.25) is 0 Å². The van der Waals surface area contributed by atoms with E-state index in [1.165, 1.54) is 5.56 Å². The van der Waals surface area contributed by atoms with E-state index in [0.717, 1.165) is 23.5 Å². The Labute approximate surface area is 151 Å². The summed E-state index contributed by atoms with van der Waals surface area (Å²) in [5.41, 5.74) is 3.48. The quantitative estimate of drug-likeness (QED) is 0.784. The monoisotopic (exact) mass is 346 g/mol. The summed E-state index contributed by atoms with van der Waals surface area (Å²) >= 11 is 0. The first kappa shape index (κ1) is 16.1. The molecule has 0 unspecified atom stereocenters. The highest BCUT2D eigenvalue weighted by Gasteiger charge is 2.25. The summed E-state index contributed by atoms with van der Waals surface area (Å²) in [6, 6.07) is 15.4. The number of nitrogens with one attached hydrogen (secondary N) is 1. The van der Waals surface area contributed by atoms with Crippen LogP contribution >= 0.6 is 0 Å². The molecular formula is C20H18N4O2. The van der Waals surface area contributed by atoms with Crippen molar-refractivity contribution < 1.29 is 9.53 Å². The van der Waals surface area contributed by atoms with Crippen molar-refractivity contribution in [3.8, 4) is 5.75 Å². The Hall–Kier alpha value is -3.41. The summed E-state index contributed by atoms with van der Waals surface area (Å²) in [5, 5.41) is 3.10. The molecule has 1 N–H and O–H groups in total. The van der Waals surface area contributed by atoms with Crippen LogP contribution in [0.3, 0.4) is 0 Å². The topological polar surface area (TPSA) is 67.3 Å². The summed E-state index contributed by atoms with van der Waals surface area (Å²) in [5.74, 6) is 1.14. The Kier molecular flexibility index (Phi) is 4.23. The third-order valence-corrected chi connectivity index (χ3v) is 4.38. The van der Waals surface area contributed by atoms with Gasteiger partial charge in [0.2, 0.25) is 5.95 Å². The zero-order valence-electron chi connectivity index (χ0n) is 14.3. The normalized spacial score (nSPS) is 12.6. The Morgan fingerprint density at radius 2 is 1.81 bits per heavy atom. The number of rotatable bonds is 4.